The Balaban J connectivity index is 1.25. The number of ether oxygens (including phenoxy) is 2. The molecule has 0 radical (unpaired) electrons. The molecule has 2 aromatic heterocycles. The van der Waals surface area contributed by atoms with Crippen molar-refractivity contribution in [3.8, 4) is 23.2 Å². The van der Waals surface area contributed by atoms with E-state index in [1.54, 1.807) is 6.07 Å². The Labute approximate surface area is 297 Å². The fourth-order valence-electron chi connectivity index (χ4n) is 8.71. The van der Waals surface area contributed by atoms with Crippen LogP contribution in [-0.4, -0.2) is 89.8 Å². The summed E-state index contributed by atoms with van der Waals surface area (Å²) >= 11 is 7.85. The molecule has 2 N–H and O–H groups in total. The number of hydrogen-bond donors (Lipinski definition) is 1. The van der Waals surface area contributed by atoms with Crippen LogP contribution in [0.4, 0.5) is 19.6 Å². The van der Waals surface area contributed by atoms with Crippen LogP contribution in [0.5, 0.6) is 6.01 Å². The fourth-order valence-corrected chi connectivity index (χ4v) is 9.95. The fraction of sp³-hybridized carbons (Fsp3) is 0.444. The first-order valence-electron chi connectivity index (χ1n) is 16.9. The highest BCUT2D eigenvalue weighted by atomic mass is 35.5. The molecule has 2 unspecified atom stereocenters. The molecule has 0 aliphatic carbocycles. The van der Waals surface area contributed by atoms with Crippen molar-refractivity contribution in [1.29, 1.82) is 5.26 Å². The van der Waals surface area contributed by atoms with Gasteiger partial charge in [0.15, 0.2) is 5.82 Å². The van der Waals surface area contributed by atoms with E-state index in [1.165, 1.54) is 19.2 Å². The third kappa shape index (κ3) is 5.18. The third-order valence-electron chi connectivity index (χ3n) is 11.0. The molecule has 4 saturated heterocycles. The molecule has 2 atom stereocenters. The first-order valence-corrected chi connectivity index (χ1v) is 18.1. The second-order valence-corrected chi connectivity index (χ2v) is 15.2. The van der Waals surface area contributed by atoms with Gasteiger partial charge in [0.25, 0.3) is 5.91 Å². The minimum atomic E-state index is -0.739. The average molecular weight is 720 g/mol. The molecule has 14 heteroatoms. The number of anilines is 2. The Bertz CT molecular complexity index is 2100. The van der Waals surface area contributed by atoms with Crippen LogP contribution in [0, 0.1) is 23.0 Å². The Morgan fingerprint density at radius 3 is 2.60 bits per heavy atom. The second-order valence-electron chi connectivity index (χ2n) is 13.8. The minimum Gasteiger partial charge on any atom is -0.461 e. The van der Waals surface area contributed by atoms with Gasteiger partial charge in [-0.2, -0.15) is 15.2 Å². The molecule has 0 saturated carbocycles. The van der Waals surface area contributed by atoms with Crippen LogP contribution in [0.25, 0.3) is 32.1 Å². The number of nitrogen functional groups attached to an aromatic ring is 1. The molecule has 0 spiro atoms. The van der Waals surface area contributed by atoms with Crippen molar-refractivity contribution in [2.24, 2.45) is 0 Å². The molecule has 4 aromatic rings. The van der Waals surface area contributed by atoms with Gasteiger partial charge in [0, 0.05) is 42.1 Å². The van der Waals surface area contributed by atoms with Crippen LogP contribution in [0.2, 0.25) is 5.02 Å². The van der Waals surface area contributed by atoms with Crippen molar-refractivity contribution < 1.29 is 23.0 Å². The predicted molar refractivity (Wildman–Crippen MR) is 190 cm³/mol. The van der Waals surface area contributed by atoms with Gasteiger partial charge in [0.1, 0.15) is 34.8 Å². The molecule has 260 valence electrons. The summed E-state index contributed by atoms with van der Waals surface area (Å²) in [6, 6.07) is 6.16. The van der Waals surface area contributed by atoms with Crippen LogP contribution in [0.1, 0.15) is 44.1 Å². The normalized spacial score (nSPS) is 21.3. The summed E-state index contributed by atoms with van der Waals surface area (Å²) < 4.78 is 43.8. The molecule has 4 fully saturated rings. The summed E-state index contributed by atoms with van der Waals surface area (Å²) in [5.41, 5.74) is 6.69. The Kier molecular flexibility index (Phi) is 8.33. The van der Waals surface area contributed by atoms with Gasteiger partial charge in [-0.3, -0.25) is 9.69 Å². The van der Waals surface area contributed by atoms with Crippen LogP contribution in [0.15, 0.2) is 30.4 Å². The Hall–Kier alpha value is -4.09. The third-order valence-corrected chi connectivity index (χ3v) is 12.3. The highest BCUT2D eigenvalue weighted by Crippen LogP contribution is 2.46. The van der Waals surface area contributed by atoms with E-state index in [0.29, 0.717) is 36.5 Å². The number of amides is 1. The molecule has 4 aliphatic rings. The zero-order valence-electron chi connectivity index (χ0n) is 27.6. The van der Waals surface area contributed by atoms with E-state index in [4.69, 9.17) is 31.8 Å². The summed E-state index contributed by atoms with van der Waals surface area (Å²) in [5, 5.41) is 10.7. The zero-order valence-corrected chi connectivity index (χ0v) is 29.2. The lowest BCUT2D eigenvalue weighted by Gasteiger charge is -2.42. The minimum absolute atomic E-state index is 0.00453. The standard InChI is InChI=1S/C36H36ClF2N7O3S/c1-19(17-48-2)34(47)46-20-5-6-21(46)16-44(15-20)33-23-13-25(37)28(22-7-8-26(38)31-27(22)24(14-40)32(41)50-31)29(39)30(23)42-35(43-33)49-18-36-9-3-11-45(36)12-4-10-36/h7-8,13,20-21H,1,3-6,9-12,15-18,41H2,2H3. The van der Waals surface area contributed by atoms with Gasteiger partial charge in [-0.25, -0.2) is 8.78 Å². The van der Waals surface area contributed by atoms with Gasteiger partial charge in [-0.1, -0.05) is 24.2 Å². The lowest BCUT2D eigenvalue weighted by atomic mass is 9.95. The molecular weight excluding hydrogens is 684 g/mol. The van der Waals surface area contributed by atoms with Crippen LogP contribution >= 0.6 is 22.9 Å². The van der Waals surface area contributed by atoms with Crippen molar-refractivity contribution in [2.45, 2.75) is 56.1 Å². The number of rotatable bonds is 8. The monoisotopic (exact) mass is 719 g/mol. The number of thiophene rings is 1. The van der Waals surface area contributed by atoms with Crippen molar-refractivity contribution >= 4 is 60.7 Å². The van der Waals surface area contributed by atoms with E-state index in [1.807, 2.05) is 4.90 Å². The van der Waals surface area contributed by atoms with Gasteiger partial charge in [0.2, 0.25) is 0 Å². The van der Waals surface area contributed by atoms with Crippen molar-refractivity contribution in [3.63, 3.8) is 0 Å². The number of piperazine rings is 1. The predicted octanol–water partition coefficient (Wildman–Crippen LogP) is 6.29. The number of nitrogens with two attached hydrogens (primary N) is 1. The van der Waals surface area contributed by atoms with Gasteiger partial charge in [-0.05, 0) is 69.3 Å². The Morgan fingerprint density at radius 1 is 1.20 bits per heavy atom. The average Bonchev–Trinajstić information content (AvgIpc) is 3.84. The number of methoxy groups -OCH3 is 1. The van der Waals surface area contributed by atoms with E-state index in [2.05, 4.69) is 27.4 Å². The second kappa shape index (κ2) is 12.6. The maximum absolute atomic E-state index is 17.1. The lowest BCUT2D eigenvalue weighted by Crippen LogP contribution is -2.56. The zero-order chi connectivity index (χ0) is 34.9. The first-order chi connectivity index (χ1) is 24.1. The molecule has 4 aliphatic heterocycles. The molecule has 2 bridgehead atoms. The topological polar surface area (TPSA) is 121 Å². The smallest absolute Gasteiger partial charge is 0.319 e. The van der Waals surface area contributed by atoms with Crippen LogP contribution < -0.4 is 15.4 Å². The van der Waals surface area contributed by atoms with Crippen LogP contribution in [0.3, 0.4) is 0 Å². The van der Waals surface area contributed by atoms with E-state index >= 15 is 4.39 Å². The maximum Gasteiger partial charge on any atom is 0.319 e. The molecule has 8 rings (SSSR count). The summed E-state index contributed by atoms with van der Waals surface area (Å²) in [5.74, 6) is -0.963. The highest BCUT2D eigenvalue weighted by Gasteiger charge is 2.46. The van der Waals surface area contributed by atoms with Gasteiger partial charge < -0.3 is 25.0 Å². The lowest BCUT2D eigenvalue weighted by molar-refractivity contribution is -0.130. The SMILES string of the molecule is C=C(COC)C(=O)N1C2CCC1CN(c1nc(OCC34CCCN3CCC4)nc3c(F)c(-c4ccc(F)c5sc(N)c(C#N)c45)c(Cl)cc13)C2. The summed E-state index contributed by atoms with van der Waals surface area (Å²) in [6.07, 6.45) is 5.83. The molecule has 10 nitrogen and oxygen atoms in total. The van der Waals surface area contributed by atoms with Gasteiger partial charge >= 0.3 is 6.01 Å². The molecule has 6 heterocycles. The van der Waals surface area contributed by atoms with E-state index in [9.17, 15) is 14.4 Å². The van der Waals surface area contributed by atoms with Crippen molar-refractivity contribution in [1.82, 2.24) is 19.8 Å². The van der Waals surface area contributed by atoms with E-state index in [0.717, 1.165) is 63.0 Å². The number of nitriles is 1. The number of carbonyl (C=O) groups is 1. The summed E-state index contributed by atoms with van der Waals surface area (Å²) in [7, 11) is 1.54. The number of aromatic nitrogens is 2. The van der Waals surface area contributed by atoms with Crippen molar-refractivity contribution in [3.05, 3.63) is 52.6 Å². The number of hydrogen-bond acceptors (Lipinski definition) is 10. The first kappa shape index (κ1) is 33.1. The number of nitrogens with zero attached hydrogens (tertiary/aromatic N) is 6. The van der Waals surface area contributed by atoms with Crippen LogP contribution in [-0.2, 0) is 9.53 Å². The number of carbonyl (C=O) groups excluding carboxylic acids is 1. The number of fused-ring (bicyclic) bond motifs is 5. The number of benzene rings is 2. The molecular formula is C36H36ClF2N7O3S. The summed E-state index contributed by atoms with van der Waals surface area (Å²) in [4.78, 5) is 29.3. The number of halogens is 3. The molecule has 2 aromatic carbocycles. The quantitative estimate of drug-likeness (QED) is 0.210. The summed E-state index contributed by atoms with van der Waals surface area (Å²) in [6.45, 7) is 7.45. The Morgan fingerprint density at radius 2 is 1.92 bits per heavy atom. The maximum atomic E-state index is 17.1. The van der Waals surface area contributed by atoms with E-state index in [-0.39, 0.29) is 78.5 Å². The van der Waals surface area contributed by atoms with Gasteiger partial charge in [-0.15, -0.1) is 11.3 Å². The van der Waals surface area contributed by atoms with E-state index < -0.39 is 11.6 Å². The largest absolute Gasteiger partial charge is 0.461 e. The molecule has 50 heavy (non-hydrogen) atoms. The van der Waals surface area contributed by atoms with Crippen molar-refractivity contribution in [2.75, 3.05) is 57.1 Å². The molecule has 1 amide bonds. The van der Waals surface area contributed by atoms with Gasteiger partial charge in [0.05, 0.1) is 39.5 Å². The highest BCUT2D eigenvalue weighted by molar-refractivity contribution is 7.23.